The van der Waals surface area contributed by atoms with Crippen LogP contribution in [-0.2, 0) is 20.9 Å². The quantitative estimate of drug-likeness (QED) is 0.292. The zero-order valence-electron chi connectivity index (χ0n) is 19.0. The molecule has 0 aliphatic carbocycles. The number of ether oxygens (including phenoxy) is 3. The van der Waals surface area contributed by atoms with Crippen LogP contribution in [0.1, 0.15) is 18.2 Å². The predicted molar refractivity (Wildman–Crippen MR) is 125 cm³/mol. The second-order valence-corrected chi connectivity index (χ2v) is 8.06. The fraction of sp³-hybridized carbons (Fsp3) is 0.185. The molecule has 6 nitrogen and oxygen atoms in total. The van der Waals surface area contributed by atoms with Gasteiger partial charge in [0.05, 0.1) is 6.61 Å². The lowest BCUT2D eigenvalue weighted by atomic mass is 9.97. The van der Waals surface area contributed by atoms with Gasteiger partial charge in [0.25, 0.3) is 0 Å². The van der Waals surface area contributed by atoms with E-state index in [4.69, 9.17) is 18.7 Å². The summed E-state index contributed by atoms with van der Waals surface area (Å²) < 4.78 is 64.4. The molecule has 1 aliphatic rings. The zero-order valence-corrected chi connectivity index (χ0v) is 19.0. The number of esters is 1. The number of carbonyl (C=O) groups excluding carboxylic acids is 1. The first-order valence-corrected chi connectivity index (χ1v) is 11.1. The van der Waals surface area contributed by atoms with Gasteiger partial charge in [0.1, 0.15) is 23.6 Å². The molecule has 0 amide bonds. The fourth-order valence-electron chi connectivity index (χ4n) is 3.99. The van der Waals surface area contributed by atoms with Crippen LogP contribution in [0.15, 0.2) is 82.9 Å². The molecule has 184 valence electrons. The Balaban J connectivity index is 1.47. The van der Waals surface area contributed by atoms with Crippen molar-refractivity contribution in [1.29, 1.82) is 0 Å². The first kappa shape index (κ1) is 23.6. The van der Waals surface area contributed by atoms with Gasteiger partial charge in [-0.25, -0.2) is 4.79 Å². The lowest BCUT2D eigenvalue weighted by Gasteiger charge is -2.38. The van der Waals surface area contributed by atoms with Crippen molar-refractivity contribution in [3.05, 3.63) is 89.7 Å². The molecule has 9 heteroatoms. The van der Waals surface area contributed by atoms with Gasteiger partial charge in [-0.1, -0.05) is 59.8 Å². The molecule has 2 heterocycles. The summed E-state index contributed by atoms with van der Waals surface area (Å²) in [6.45, 7) is 0.705. The van der Waals surface area contributed by atoms with Crippen molar-refractivity contribution in [2.24, 2.45) is 0 Å². The number of aromatic nitrogens is 1. The highest BCUT2D eigenvalue weighted by molar-refractivity contribution is 5.97. The first-order chi connectivity index (χ1) is 17.3. The number of nitrogens with zero attached hydrogens (tertiary/aromatic N) is 1. The molecule has 0 spiro atoms. The Kier molecular flexibility index (Phi) is 6.01. The highest BCUT2D eigenvalue weighted by Crippen LogP contribution is 2.47. The minimum absolute atomic E-state index is 0.0208. The van der Waals surface area contributed by atoms with Gasteiger partial charge in [-0.05, 0) is 35.9 Å². The molecule has 1 aliphatic heterocycles. The molecule has 0 saturated carbocycles. The average molecular weight is 495 g/mol. The number of fused-ring (bicyclic) bond motifs is 2. The van der Waals surface area contributed by atoms with E-state index in [1.165, 1.54) is 31.2 Å². The molecule has 0 N–H and O–H groups in total. The third-order valence-corrected chi connectivity index (χ3v) is 5.72. The van der Waals surface area contributed by atoms with Gasteiger partial charge in [0.15, 0.2) is 5.76 Å². The van der Waals surface area contributed by atoms with Crippen LogP contribution < -0.4 is 4.74 Å². The number of hydrogen-bond acceptors (Lipinski definition) is 6. The van der Waals surface area contributed by atoms with Crippen LogP contribution >= 0.6 is 0 Å². The van der Waals surface area contributed by atoms with E-state index in [9.17, 15) is 18.0 Å². The van der Waals surface area contributed by atoms with E-state index in [0.29, 0.717) is 11.3 Å². The normalized spacial score (nSPS) is 17.3. The summed E-state index contributed by atoms with van der Waals surface area (Å²) in [7, 11) is 0. The van der Waals surface area contributed by atoms with Crippen LogP contribution in [0.2, 0.25) is 0 Å². The van der Waals surface area contributed by atoms with Crippen molar-refractivity contribution >= 4 is 22.8 Å². The smallest absolute Gasteiger partial charge is 0.460 e. The second kappa shape index (κ2) is 9.16. The molecule has 4 aromatic rings. The van der Waals surface area contributed by atoms with E-state index < -0.39 is 30.1 Å². The van der Waals surface area contributed by atoms with Crippen LogP contribution in [0.5, 0.6) is 5.75 Å². The molecule has 1 aromatic heterocycles. The zero-order chi connectivity index (χ0) is 25.3. The van der Waals surface area contributed by atoms with Crippen molar-refractivity contribution in [2.75, 3.05) is 6.61 Å². The maximum atomic E-state index is 14.5. The fourth-order valence-corrected chi connectivity index (χ4v) is 3.99. The van der Waals surface area contributed by atoms with Gasteiger partial charge in [-0.15, -0.1) is 0 Å². The molecule has 0 radical (unpaired) electrons. The van der Waals surface area contributed by atoms with Gasteiger partial charge in [-0.3, -0.25) is 0 Å². The Hall–Kier alpha value is -4.11. The Labute approximate surface area is 203 Å². The summed E-state index contributed by atoms with van der Waals surface area (Å²) in [6, 6.07) is 20.9. The molecular formula is C27H20F3NO5. The maximum absolute atomic E-state index is 14.5. The number of benzene rings is 3. The SMILES string of the molecule is CCOC(=O)C1=Cc2ccccc2OC1(OCc1cc(-c2ccc3ccccc3c2)no1)C(F)(F)F. The van der Waals surface area contributed by atoms with Gasteiger partial charge in [-0.2, -0.15) is 13.2 Å². The molecule has 3 aromatic carbocycles. The lowest BCUT2D eigenvalue weighted by Crippen LogP contribution is -2.57. The molecule has 5 rings (SSSR count). The minimum atomic E-state index is -5.12. The van der Waals surface area contributed by atoms with E-state index in [1.54, 1.807) is 6.07 Å². The standard InChI is InChI=1S/C27H20F3NO5/c1-2-33-25(32)22-14-20-9-5-6-10-24(20)35-26(22,27(28,29)30)34-16-21-15-23(31-36-21)19-12-11-17-7-3-4-8-18(17)13-19/h3-15H,2,16H2,1H3. The van der Waals surface area contributed by atoms with Crippen LogP contribution in [0.3, 0.4) is 0 Å². The van der Waals surface area contributed by atoms with Gasteiger partial charge >= 0.3 is 17.9 Å². The molecule has 1 unspecified atom stereocenters. The maximum Gasteiger partial charge on any atom is 0.460 e. The average Bonchev–Trinajstić information content (AvgIpc) is 3.35. The summed E-state index contributed by atoms with van der Waals surface area (Å²) in [5.74, 6) is -4.66. The largest absolute Gasteiger partial charge is 0.462 e. The molecule has 1 atom stereocenters. The van der Waals surface area contributed by atoms with Crippen molar-refractivity contribution < 1.29 is 36.7 Å². The highest BCUT2D eigenvalue weighted by Gasteiger charge is 2.65. The summed E-state index contributed by atoms with van der Waals surface area (Å²) in [6.07, 6.45) is -4.05. The molecule has 36 heavy (non-hydrogen) atoms. The van der Waals surface area contributed by atoms with E-state index >= 15 is 0 Å². The second-order valence-electron chi connectivity index (χ2n) is 8.06. The lowest BCUT2D eigenvalue weighted by molar-refractivity contribution is -0.338. The Morgan fingerprint density at radius 3 is 2.53 bits per heavy atom. The topological polar surface area (TPSA) is 70.8 Å². The molecule has 0 saturated heterocycles. The number of alkyl halides is 3. The van der Waals surface area contributed by atoms with Gasteiger partial charge in [0, 0.05) is 17.2 Å². The Morgan fingerprint density at radius 1 is 1.00 bits per heavy atom. The number of rotatable bonds is 6. The number of hydrogen-bond donors (Lipinski definition) is 0. The van der Waals surface area contributed by atoms with Crippen molar-refractivity contribution in [1.82, 2.24) is 5.16 Å². The van der Waals surface area contributed by atoms with Crippen molar-refractivity contribution in [2.45, 2.75) is 25.5 Å². The van der Waals surface area contributed by atoms with Crippen LogP contribution in [0, 0.1) is 0 Å². The van der Waals surface area contributed by atoms with Crippen molar-refractivity contribution in [3.63, 3.8) is 0 Å². The van der Waals surface area contributed by atoms with Crippen LogP contribution in [0.25, 0.3) is 28.1 Å². The van der Waals surface area contributed by atoms with E-state index in [1.807, 2.05) is 42.5 Å². The Bertz CT molecular complexity index is 1460. The highest BCUT2D eigenvalue weighted by atomic mass is 19.4. The molecular weight excluding hydrogens is 475 g/mol. The van der Waals surface area contributed by atoms with Crippen LogP contribution in [0.4, 0.5) is 13.2 Å². The van der Waals surface area contributed by atoms with E-state index in [2.05, 4.69) is 5.16 Å². The number of halogens is 3. The summed E-state index contributed by atoms with van der Waals surface area (Å²) in [4.78, 5) is 12.6. The van der Waals surface area contributed by atoms with Crippen molar-refractivity contribution in [3.8, 4) is 17.0 Å². The summed E-state index contributed by atoms with van der Waals surface area (Å²) in [5, 5.41) is 5.99. The molecule has 0 fully saturated rings. The number of para-hydroxylation sites is 1. The first-order valence-electron chi connectivity index (χ1n) is 11.1. The van der Waals surface area contributed by atoms with E-state index in [0.717, 1.165) is 22.4 Å². The predicted octanol–water partition coefficient (Wildman–Crippen LogP) is 6.31. The summed E-state index contributed by atoms with van der Waals surface area (Å²) >= 11 is 0. The minimum Gasteiger partial charge on any atom is -0.462 e. The van der Waals surface area contributed by atoms with Crippen LogP contribution in [-0.4, -0.2) is 29.7 Å². The third-order valence-electron chi connectivity index (χ3n) is 5.72. The van der Waals surface area contributed by atoms with Gasteiger partial charge in [0.2, 0.25) is 0 Å². The van der Waals surface area contributed by atoms with Gasteiger partial charge < -0.3 is 18.7 Å². The Morgan fingerprint density at radius 2 is 1.75 bits per heavy atom. The summed E-state index contributed by atoms with van der Waals surface area (Å²) in [5.41, 5.74) is 0.632. The monoisotopic (exact) mass is 495 g/mol. The number of carbonyl (C=O) groups is 1. The third kappa shape index (κ3) is 4.22. The molecule has 0 bridgehead atoms. The van der Waals surface area contributed by atoms with E-state index in [-0.39, 0.29) is 18.1 Å².